The van der Waals surface area contributed by atoms with Crippen molar-refractivity contribution >= 4 is 11.3 Å². The summed E-state index contributed by atoms with van der Waals surface area (Å²) in [4.78, 5) is 7.72. The van der Waals surface area contributed by atoms with E-state index in [1.165, 1.54) is 10.4 Å². The molecule has 102 valence electrons. The second-order valence-corrected chi connectivity index (χ2v) is 5.88. The Morgan fingerprint density at radius 3 is 2.58 bits per heavy atom. The summed E-state index contributed by atoms with van der Waals surface area (Å²) in [6.45, 7) is 3.13. The predicted octanol–water partition coefficient (Wildman–Crippen LogP) is 3.10. The quantitative estimate of drug-likeness (QED) is 0.878. The number of likely N-dealkylation sites (N-methyl/N-ethyl adjacent to an activating group) is 1. The number of rotatable bonds is 6. The van der Waals surface area contributed by atoms with Crippen molar-refractivity contribution in [1.82, 2.24) is 15.2 Å². The first-order valence-electron chi connectivity index (χ1n) is 6.51. The molecule has 2 atom stereocenters. The van der Waals surface area contributed by atoms with Crippen molar-refractivity contribution < 1.29 is 0 Å². The summed E-state index contributed by atoms with van der Waals surface area (Å²) in [7, 11) is 4.26. The first-order valence-corrected chi connectivity index (χ1v) is 7.39. The molecule has 0 bridgehead atoms. The average Bonchev–Trinajstić information content (AvgIpc) is 2.93. The van der Waals surface area contributed by atoms with Gasteiger partial charge in [0.05, 0.1) is 6.04 Å². The SMILES string of the molecule is CC(NCC(c1cccs1)N(C)C)c1ccncc1. The minimum atomic E-state index is 0.338. The Morgan fingerprint density at radius 1 is 1.26 bits per heavy atom. The van der Waals surface area contributed by atoms with Crippen molar-refractivity contribution in [3.8, 4) is 0 Å². The Bertz CT molecular complexity index is 467. The zero-order valence-electron chi connectivity index (χ0n) is 11.7. The largest absolute Gasteiger partial charge is 0.308 e. The highest BCUT2D eigenvalue weighted by atomic mass is 32.1. The second-order valence-electron chi connectivity index (χ2n) is 4.91. The van der Waals surface area contributed by atoms with Crippen molar-refractivity contribution in [2.75, 3.05) is 20.6 Å². The molecular formula is C15H21N3S. The third-order valence-corrected chi connectivity index (χ3v) is 4.29. The van der Waals surface area contributed by atoms with Crippen molar-refractivity contribution in [1.29, 1.82) is 0 Å². The molecule has 0 radical (unpaired) electrons. The first-order chi connectivity index (χ1) is 9.18. The number of hydrogen-bond acceptors (Lipinski definition) is 4. The van der Waals surface area contributed by atoms with Gasteiger partial charge in [0.1, 0.15) is 0 Å². The van der Waals surface area contributed by atoms with Crippen LogP contribution in [0.1, 0.15) is 29.4 Å². The fourth-order valence-corrected chi connectivity index (χ4v) is 3.00. The van der Waals surface area contributed by atoms with Gasteiger partial charge in [0.2, 0.25) is 0 Å². The minimum Gasteiger partial charge on any atom is -0.308 e. The Labute approximate surface area is 119 Å². The molecule has 0 saturated carbocycles. The van der Waals surface area contributed by atoms with Gasteiger partial charge in [0.25, 0.3) is 0 Å². The summed E-state index contributed by atoms with van der Waals surface area (Å²) in [6.07, 6.45) is 3.69. The summed E-state index contributed by atoms with van der Waals surface area (Å²) < 4.78 is 0. The Balaban J connectivity index is 1.96. The van der Waals surface area contributed by atoms with Gasteiger partial charge < -0.3 is 10.2 Å². The number of hydrogen-bond donors (Lipinski definition) is 1. The Morgan fingerprint density at radius 2 is 2.00 bits per heavy atom. The van der Waals surface area contributed by atoms with Gasteiger partial charge in [-0.1, -0.05) is 6.07 Å². The summed E-state index contributed by atoms with van der Waals surface area (Å²) in [5.74, 6) is 0. The highest BCUT2D eigenvalue weighted by molar-refractivity contribution is 7.10. The lowest BCUT2D eigenvalue weighted by Gasteiger charge is -2.25. The Kier molecular flexibility index (Phi) is 5.07. The van der Waals surface area contributed by atoms with Crippen LogP contribution >= 0.6 is 11.3 Å². The molecule has 0 amide bonds. The van der Waals surface area contributed by atoms with E-state index in [0.29, 0.717) is 12.1 Å². The molecule has 2 unspecified atom stereocenters. The van der Waals surface area contributed by atoms with Crippen molar-refractivity contribution in [3.63, 3.8) is 0 Å². The molecule has 2 aromatic heterocycles. The van der Waals surface area contributed by atoms with Crippen LogP contribution in [0.5, 0.6) is 0 Å². The molecule has 0 fully saturated rings. The Hall–Kier alpha value is -1.23. The first kappa shape index (κ1) is 14.2. The maximum atomic E-state index is 4.06. The molecule has 0 aromatic carbocycles. The van der Waals surface area contributed by atoms with Gasteiger partial charge in [-0.05, 0) is 50.2 Å². The lowest BCUT2D eigenvalue weighted by atomic mass is 10.1. The van der Waals surface area contributed by atoms with E-state index in [1.54, 1.807) is 0 Å². The maximum absolute atomic E-state index is 4.06. The number of nitrogens with zero attached hydrogens (tertiary/aromatic N) is 2. The van der Waals surface area contributed by atoms with Gasteiger partial charge >= 0.3 is 0 Å². The van der Waals surface area contributed by atoms with Gasteiger partial charge in [-0.25, -0.2) is 0 Å². The van der Waals surface area contributed by atoms with Gasteiger partial charge in [-0.2, -0.15) is 0 Å². The number of nitrogens with one attached hydrogen (secondary N) is 1. The number of thiophene rings is 1. The molecule has 4 heteroatoms. The lowest BCUT2D eigenvalue weighted by molar-refractivity contribution is 0.285. The summed E-state index contributed by atoms with van der Waals surface area (Å²) in [6, 6.07) is 9.20. The molecule has 0 aliphatic heterocycles. The highest BCUT2D eigenvalue weighted by Gasteiger charge is 2.16. The standard InChI is InChI=1S/C15H21N3S/c1-12(13-6-8-16-9-7-13)17-11-14(18(2)3)15-5-4-10-19-15/h4-10,12,14,17H,11H2,1-3H3. The average molecular weight is 275 g/mol. The van der Waals surface area contributed by atoms with Crippen LogP contribution in [-0.4, -0.2) is 30.5 Å². The fraction of sp³-hybridized carbons (Fsp3) is 0.400. The van der Waals surface area contributed by atoms with Gasteiger partial charge in [-0.3, -0.25) is 4.98 Å². The van der Waals surface area contributed by atoms with Crippen LogP contribution in [0, 0.1) is 0 Å². The zero-order chi connectivity index (χ0) is 13.7. The smallest absolute Gasteiger partial charge is 0.0561 e. The highest BCUT2D eigenvalue weighted by Crippen LogP contribution is 2.23. The minimum absolute atomic E-state index is 0.338. The second kappa shape index (κ2) is 6.80. The monoisotopic (exact) mass is 275 g/mol. The number of aromatic nitrogens is 1. The molecule has 0 aliphatic rings. The summed E-state index contributed by atoms with van der Waals surface area (Å²) in [5, 5.41) is 5.74. The van der Waals surface area contributed by atoms with E-state index >= 15 is 0 Å². The van der Waals surface area contributed by atoms with Crippen molar-refractivity contribution in [2.45, 2.75) is 19.0 Å². The van der Waals surface area contributed by atoms with Gasteiger partial charge in [0.15, 0.2) is 0 Å². The van der Waals surface area contributed by atoms with Crippen LogP contribution < -0.4 is 5.32 Å². The predicted molar refractivity (Wildman–Crippen MR) is 81.4 cm³/mol. The van der Waals surface area contributed by atoms with Crippen LogP contribution in [0.3, 0.4) is 0 Å². The van der Waals surface area contributed by atoms with E-state index in [2.05, 4.69) is 65.9 Å². The van der Waals surface area contributed by atoms with Crippen LogP contribution in [0.15, 0.2) is 42.0 Å². The van der Waals surface area contributed by atoms with Gasteiger partial charge in [0, 0.05) is 29.9 Å². The lowest BCUT2D eigenvalue weighted by Crippen LogP contribution is -2.32. The molecule has 2 aromatic rings. The van der Waals surface area contributed by atoms with E-state index in [0.717, 1.165) is 6.54 Å². The molecule has 0 saturated heterocycles. The van der Waals surface area contributed by atoms with E-state index in [-0.39, 0.29) is 0 Å². The molecule has 0 spiro atoms. The van der Waals surface area contributed by atoms with E-state index in [9.17, 15) is 0 Å². The van der Waals surface area contributed by atoms with E-state index in [1.807, 2.05) is 23.7 Å². The van der Waals surface area contributed by atoms with Gasteiger partial charge in [-0.15, -0.1) is 11.3 Å². The third-order valence-electron chi connectivity index (χ3n) is 3.32. The van der Waals surface area contributed by atoms with Crippen molar-refractivity contribution in [2.24, 2.45) is 0 Å². The maximum Gasteiger partial charge on any atom is 0.0561 e. The molecule has 19 heavy (non-hydrogen) atoms. The number of pyridine rings is 1. The summed E-state index contributed by atoms with van der Waals surface area (Å²) >= 11 is 1.82. The van der Waals surface area contributed by atoms with Crippen LogP contribution in [0.25, 0.3) is 0 Å². The summed E-state index contributed by atoms with van der Waals surface area (Å²) in [5.41, 5.74) is 1.28. The molecule has 1 N–H and O–H groups in total. The zero-order valence-corrected chi connectivity index (χ0v) is 12.5. The topological polar surface area (TPSA) is 28.2 Å². The molecule has 3 nitrogen and oxygen atoms in total. The fourth-order valence-electron chi connectivity index (χ4n) is 2.08. The molecule has 2 heterocycles. The van der Waals surface area contributed by atoms with E-state index < -0.39 is 0 Å². The van der Waals surface area contributed by atoms with Crippen molar-refractivity contribution in [3.05, 3.63) is 52.5 Å². The third kappa shape index (κ3) is 3.86. The van der Waals surface area contributed by atoms with E-state index in [4.69, 9.17) is 0 Å². The normalized spacial score (nSPS) is 14.5. The molecule has 2 rings (SSSR count). The van der Waals surface area contributed by atoms with Crippen LogP contribution in [-0.2, 0) is 0 Å². The molecule has 0 aliphatic carbocycles. The van der Waals surface area contributed by atoms with Crippen LogP contribution in [0.4, 0.5) is 0 Å². The van der Waals surface area contributed by atoms with Crippen LogP contribution in [0.2, 0.25) is 0 Å². The molecular weight excluding hydrogens is 254 g/mol.